The average Bonchev–Trinajstić information content (AvgIpc) is 2.81. The van der Waals surface area contributed by atoms with Crippen LogP contribution in [0.2, 0.25) is 5.02 Å². The number of pyridine rings is 1. The first kappa shape index (κ1) is 13.0. The van der Waals surface area contributed by atoms with Gasteiger partial charge in [0.15, 0.2) is 5.82 Å². The number of benzene rings is 1. The van der Waals surface area contributed by atoms with Crippen molar-refractivity contribution in [1.29, 1.82) is 0 Å². The van der Waals surface area contributed by atoms with Gasteiger partial charge in [0.1, 0.15) is 0 Å². The van der Waals surface area contributed by atoms with Crippen LogP contribution < -0.4 is 0 Å². The van der Waals surface area contributed by atoms with Gasteiger partial charge in [0.25, 0.3) is 0 Å². The summed E-state index contributed by atoms with van der Waals surface area (Å²) >= 11 is 11.3. The van der Waals surface area contributed by atoms with E-state index >= 15 is 0 Å². The third kappa shape index (κ3) is 2.79. The first-order chi connectivity index (χ1) is 9.72. The number of aromatic nitrogens is 4. The van der Waals surface area contributed by atoms with Gasteiger partial charge < -0.3 is 0 Å². The van der Waals surface area contributed by atoms with E-state index in [2.05, 4.69) is 15.1 Å². The van der Waals surface area contributed by atoms with Gasteiger partial charge in [-0.15, -0.1) is 0 Å². The second-order valence-electron chi connectivity index (χ2n) is 4.31. The molecule has 0 aliphatic carbocycles. The molecule has 1 aromatic carbocycles. The molecule has 0 saturated carbocycles. The van der Waals surface area contributed by atoms with E-state index in [0.29, 0.717) is 22.2 Å². The summed E-state index contributed by atoms with van der Waals surface area (Å²) in [6.07, 6.45) is 3.47. The van der Waals surface area contributed by atoms with Crippen molar-refractivity contribution < 1.29 is 0 Å². The lowest BCUT2D eigenvalue weighted by Crippen LogP contribution is -2.01. The smallest absolute Gasteiger partial charge is 0.216 e. The molecule has 0 atom stereocenters. The number of H-pyrrole nitrogens is 1. The first-order valence-electron chi connectivity index (χ1n) is 6.04. The van der Waals surface area contributed by atoms with Crippen molar-refractivity contribution in [1.82, 2.24) is 19.7 Å². The number of nitrogens with one attached hydrogen (secondary N) is 1. The fraction of sp³-hybridized carbons (Fsp3) is 0.0714. The van der Waals surface area contributed by atoms with E-state index in [1.807, 2.05) is 41.1 Å². The van der Waals surface area contributed by atoms with Crippen LogP contribution in [0.1, 0.15) is 5.56 Å². The van der Waals surface area contributed by atoms with Crippen molar-refractivity contribution >= 4 is 23.8 Å². The van der Waals surface area contributed by atoms with E-state index in [0.717, 1.165) is 11.1 Å². The standard InChI is InChI=1S/C14H11ClN4S/c15-12-5-1-3-10(7-12)9-19-14(20)17-13(18-19)11-4-2-6-16-8-11/h1-8H,9H2,(H,17,18,20). The summed E-state index contributed by atoms with van der Waals surface area (Å²) in [4.78, 5) is 8.42. The molecule has 0 bridgehead atoms. The second-order valence-corrected chi connectivity index (χ2v) is 5.11. The Hall–Kier alpha value is -1.98. The van der Waals surface area contributed by atoms with E-state index in [1.165, 1.54) is 0 Å². The number of hydrogen-bond donors (Lipinski definition) is 1. The molecular formula is C14H11ClN4S. The van der Waals surface area contributed by atoms with E-state index in [-0.39, 0.29) is 0 Å². The maximum Gasteiger partial charge on any atom is 0.216 e. The molecule has 6 heteroatoms. The van der Waals surface area contributed by atoms with E-state index in [9.17, 15) is 0 Å². The van der Waals surface area contributed by atoms with Gasteiger partial charge in [-0.2, -0.15) is 4.98 Å². The Morgan fingerprint density at radius 3 is 2.90 bits per heavy atom. The zero-order valence-electron chi connectivity index (χ0n) is 10.5. The Kier molecular flexibility index (Phi) is 3.62. The predicted octanol–water partition coefficient (Wildman–Crippen LogP) is 3.70. The van der Waals surface area contributed by atoms with Crippen LogP contribution in [0.3, 0.4) is 0 Å². The van der Waals surface area contributed by atoms with Crippen LogP contribution in [0.4, 0.5) is 0 Å². The molecule has 4 nitrogen and oxygen atoms in total. The van der Waals surface area contributed by atoms with Crippen molar-refractivity contribution in [3.05, 3.63) is 64.1 Å². The Labute approximate surface area is 126 Å². The number of rotatable bonds is 3. The number of aromatic amines is 1. The summed E-state index contributed by atoms with van der Waals surface area (Å²) in [6, 6.07) is 11.5. The molecule has 20 heavy (non-hydrogen) atoms. The number of nitrogens with zero attached hydrogens (tertiary/aromatic N) is 3. The maximum absolute atomic E-state index is 5.98. The molecule has 0 unspecified atom stereocenters. The monoisotopic (exact) mass is 302 g/mol. The van der Waals surface area contributed by atoms with Crippen LogP contribution in [-0.4, -0.2) is 19.7 Å². The van der Waals surface area contributed by atoms with E-state index in [4.69, 9.17) is 23.8 Å². The molecule has 0 saturated heterocycles. The van der Waals surface area contributed by atoms with Crippen LogP contribution in [0.5, 0.6) is 0 Å². The van der Waals surface area contributed by atoms with Gasteiger partial charge in [-0.1, -0.05) is 23.7 Å². The molecule has 3 rings (SSSR count). The van der Waals surface area contributed by atoms with Crippen LogP contribution in [0, 0.1) is 4.77 Å². The van der Waals surface area contributed by atoms with Gasteiger partial charge in [0.05, 0.1) is 6.54 Å². The fourth-order valence-electron chi connectivity index (χ4n) is 1.91. The summed E-state index contributed by atoms with van der Waals surface area (Å²) in [5.41, 5.74) is 1.97. The minimum Gasteiger partial charge on any atom is -0.279 e. The lowest BCUT2D eigenvalue weighted by Gasteiger charge is -2.03. The highest BCUT2D eigenvalue weighted by molar-refractivity contribution is 7.71. The maximum atomic E-state index is 5.98. The van der Waals surface area contributed by atoms with Gasteiger partial charge in [-0.3, -0.25) is 14.8 Å². The van der Waals surface area contributed by atoms with Gasteiger partial charge >= 0.3 is 0 Å². The van der Waals surface area contributed by atoms with Gasteiger partial charge in [-0.25, -0.2) is 0 Å². The van der Waals surface area contributed by atoms with Crippen molar-refractivity contribution in [3.8, 4) is 11.4 Å². The Morgan fingerprint density at radius 1 is 1.25 bits per heavy atom. The highest BCUT2D eigenvalue weighted by Crippen LogP contribution is 2.15. The third-order valence-electron chi connectivity index (χ3n) is 2.84. The Morgan fingerprint density at radius 2 is 2.15 bits per heavy atom. The molecule has 1 N–H and O–H groups in total. The highest BCUT2D eigenvalue weighted by Gasteiger charge is 2.05. The molecule has 0 amide bonds. The largest absolute Gasteiger partial charge is 0.279 e. The molecule has 2 heterocycles. The van der Waals surface area contributed by atoms with Crippen molar-refractivity contribution in [2.24, 2.45) is 0 Å². The summed E-state index contributed by atoms with van der Waals surface area (Å²) in [6.45, 7) is 0.604. The van der Waals surface area contributed by atoms with Crippen LogP contribution >= 0.6 is 23.8 Å². The number of hydrogen-bond acceptors (Lipinski definition) is 3. The molecule has 0 aliphatic heterocycles. The lowest BCUT2D eigenvalue weighted by molar-refractivity contribution is 0.677. The predicted molar refractivity (Wildman–Crippen MR) is 81.2 cm³/mol. The summed E-state index contributed by atoms with van der Waals surface area (Å²) in [5, 5.41) is 3.89. The minimum absolute atomic E-state index is 0.504. The lowest BCUT2D eigenvalue weighted by atomic mass is 10.2. The van der Waals surface area contributed by atoms with E-state index in [1.54, 1.807) is 12.4 Å². The second kappa shape index (κ2) is 5.56. The van der Waals surface area contributed by atoms with Crippen molar-refractivity contribution in [2.75, 3.05) is 0 Å². The number of halogens is 1. The first-order valence-corrected chi connectivity index (χ1v) is 6.83. The zero-order valence-corrected chi connectivity index (χ0v) is 12.0. The summed E-state index contributed by atoms with van der Waals surface area (Å²) < 4.78 is 2.31. The highest BCUT2D eigenvalue weighted by atomic mass is 35.5. The zero-order chi connectivity index (χ0) is 13.9. The Balaban J connectivity index is 1.92. The summed E-state index contributed by atoms with van der Waals surface area (Å²) in [5.74, 6) is 0.713. The molecule has 0 spiro atoms. The van der Waals surface area contributed by atoms with Crippen molar-refractivity contribution in [2.45, 2.75) is 6.54 Å². The summed E-state index contributed by atoms with van der Waals surface area (Å²) in [7, 11) is 0. The fourth-order valence-corrected chi connectivity index (χ4v) is 2.33. The van der Waals surface area contributed by atoms with Crippen molar-refractivity contribution in [3.63, 3.8) is 0 Å². The molecule has 0 radical (unpaired) electrons. The van der Waals surface area contributed by atoms with Gasteiger partial charge in [-0.05, 0) is 42.0 Å². The topological polar surface area (TPSA) is 46.5 Å². The van der Waals surface area contributed by atoms with Gasteiger partial charge in [0, 0.05) is 23.0 Å². The molecule has 2 aromatic heterocycles. The minimum atomic E-state index is 0.504. The molecular weight excluding hydrogens is 292 g/mol. The third-order valence-corrected chi connectivity index (χ3v) is 3.39. The molecule has 3 aromatic rings. The molecule has 0 aliphatic rings. The van der Waals surface area contributed by atoms with Crippen LogP contribution in [0.15, 0.2) is 48.8 Å². The quantitative estimate of drug-likeness (QED) is 0.750. The average molecular weight is 303 g/mol. The van der Waals surface area contributed by atoms with Crippen LogP contribution in [0.25, 0.3) is 11.4 Å². The molecule has 100 valence electrons. The van der Waals surface area contributed by atoms with Gasteiger partial charge in [0.2, 0.25) is 4.77 Å². The SMILES string of the molecule is S=c1nc(-c2cccnc2)[nH]n1Cc1cccc(Cl)c1. The van der Waals surface area contributed by atoms with E-state index < -0.39 is 0 Å². The Bertz CT molecular complexity index is 779. The van der Waals surface area contributed by atoms with Crippen LogP contribution in [-0.2, 0) is 6.54 Å². The molecule has 0 fully saturated rings. The normalized spacial score (nSPS) is 10.7.